The van der Waals surface area contributed by atoms with E-state index in [4.69, 9.17) is 4.74 Å². The number of imide groups is 1. The fraction of sp³-hybridized carbons (Fsp3) is 0.211. The number of fused-ring (bicyclic) bond motifs is 1. The Morgan fingerprint density at radius 3 is 2.28 bits per heavy atom. The number of hydrogen-bond donors (Lipinski definition) is 0. The van der Waals surface area contributed by atoms with Crippen LogP contribution in [-0.2, 0) is 11.3 Å². The van der Waals surface area contributed by atoms with Crippen molar-refractivity contribution >= 4 is 17.7 Å². The van der Waals surface area contributed by atoms with Crippen LogP contribution in [0.3, 0.4) is 0 Å². The molecule has 6 heteroatoms. The molecule has 1 aliphatic rings. The van der Waals surface area contributed by atoms with Gasteiger partial charge in [0.1, 0.15) is 12.3 Å². The molecule has 0 fully saturated rings. The first-order chi connectivity index (χ1) is 12.0. The van der Waals surface area contributed by atoms with E-state index < -0.39 is 11.8 Å². The van der Waals surface area contributed by atoms with Crippen LogP contribution < -0.4 is 4.74 Å². The predicted molar refractivity (Wildman–Crippen MR) is 91.3 cm³/mol. The van der Waals surface area contributed by atoms with E-state index in [1.807, 2.05) is 24.3 Å². The lowest BCUT2D eigenvalue weighted by Gasteiger charge is -2.21. The van der Waals surface area contributed by atoms with Crippen LogP contribution in [0, 0.1) is 0 Å². The number of rotatable bonds is 5. The molecule has 0 aromatic heterocycles. The smallest absolute Gasteiger partial charge is 0.262 e. The summed E-state index contributed by atoms with van der Waals surface area (Å²) >= 11 is 0. The molecule has 0 aliphatic carbocycles. The van der Waals surface area contributed by atoms with E-state index >= 15 is 0 Å². The number of methoxy groups -OCH3 is 1. The van der Waals surface area contributed by atoms with Gasteiger partial charge in [0, 0.05) is 13.6 Å². The zero-order chi connectivity index (χ0) is 18.0. The molecule has 0 atom stereocenters. The van der Waals surface area contributed by atoms with Gasteiger partial charge < -0.3 is 9.64 Å². The molecule has 2 aromatic rings. The number of carbonyl (C=O) groups is 3. The monoisotopic (exact) mass is 338 g/mol. The molecule has 0 spiro atoms. The fourth-order valence-electron chi connectivity index (χ4n) is 2.77. The summed E-state index contributed by atoms with van der Waals surface area (Å²) in [5, 5.41) is 0. The minimum absolute atomic E-state index is 0.271. The van der Waals surface area contributed by atoms with Crippen LogP contribution in [0.4, 0.5) is 0 Å². The molecule has 25 heavy (non-hydrogen) atoms. The molecule has 1 aliphatic heterocycles. The first-order valence-electron chi connectivity index (χ1n) is 7.83. The van der Waals surface area contributed by atoms with Crippen molar-refractivity contribution in [2.24, 2.45) is 0 Å². The van der Waals surface area contributed by atoms with Crippen molar-refractivity contribution in [2.45, 2.75) is 6.54 Å². The highest BCUT2D eigenvalue weighted by Crippen LogP contribution is 2.22. The molecule has 1 heterocycles. The summed E-state index contributed by atoms with van der Waals surface area (Å²) in [6, 6.07) is 14.0. The van der Waals surface area contributed by atoms with Gasteiger partial charge >= 0.3 is 0 Å². The summed E-state index contributed by atoms with van der Waals surface area (Å²) in [7, 11) is 3.22. The molecule has 0 saturated carbocycles. The van der Waals surface area contributed by atoms with Crippen LogP contribution in [0.1, 0.15) is 26.3 Å². The van der Waals surface area contributed by atoms with Crippen molar-refractivity contribution in [2.75, 3.05) is 20.7 Å². The Balaban J connectivity index is 1.68. The summed E-state index contributed by atoms with van der Waals surface area (Å²) in [5.74, 6) is -0.455. The fourth-order valence-corrected chi connectivity index (χ4v) is 2.77. The summed E-state index contributed by atoms with van der Waals surface area (Å²) in [6.45, 7) is 0.0893. The number of benzene rings is 2. The van der Waals surface area contributed by atoms with E-state index in [9.17, 15) is 14.4 Å². The highest BCUT2D eigenvalue weighted by Gasteiger charge is 2.36. The van der Waals surface area contributed by atoms with Gasteiger partial charge in [-0.25, -0.2) is 0 Å². The van der Waals surface area contributed by atoms with E-state index in [0.29, 0.717) is 23.4 Å². The van der Waals surface area contributed by atoms with Crippen molar-refractivity contribution in [3.8, 4) is 5.75 Å². The minimum Gasteiger partial charge on any atom is -0.497 e. The topological polar surface area (TPSA) is 66.9 Å². The van der Waals surface area contributed by atoms with Gasteiger partial charge in [0.2, 0.25) is 5.91 Å². The zero-order valence-corrected chi connectivity index (χ0v) is 14.1. The molecule has 0 radical (unpaired) electrons. The van der Waals surface area contributed by atoms with Crippen LogP contribution in [-0.4, -0.2) is 48.2 Å². The van der Waals surface area contributed by atoms with E-state index in [0.717, 1.165) is 10.5 Å². The summed E-state index contributed by atoms with van der Waals surface area (Å²) in [6.07, 6.45) is 0. The average molecular weight is 338 g/mol. The van der Waals surface area contributed by atoms with Gasteiger partial charge in [0.25, 0.3) is 11.8 Å². The Bertz CT molecular complexity index is 812. The Hall–Kier alpha value is -3.15. The van der Waals surface area contributed by atoms with Gasteiger partial charge in [0.05, 0.1) is 18.2 Å². The average Bonchev–Trinajstić information content (AvgIpc) is 2.87. The Kier molecular flexibility index (Phi) is 4.52. The van der Waals surface area contributed by atoms with Crippen LogP contribution in [0.15, 0.2) is 48.5 Å². The molecule has 128 valence electrons. The maximum absolute atomic E-state index is 12.4. The molecule has 2 aromatic carbocycles. The van der Waals surface area contributed by atoms with Crippen molar-refractivity contribution in [3.05, 3.63) is 65.2 Å². The lowest BCUT2D eigenvalue weighted by molar-refractivity contribution is -0.130. The SMILES string of the molecule is COc1cccc(CN(C)C(=O)CN2C(=O)c3ccccc3C2=O)c1. The predicted octanol–water partition coefficient (Wildman–Crippen LogP) is 1.95. The number of nitrogens with zero attached hydrogens (tertiary/aromatic N) is 2. The largest absolute Gasteiger partial charge is 0.497 e. The molecule has 3 rings (SSSR count). The Labute approximate surface area is 145 Å². The standard InChI is InChI=1S/C19H18N2O4/c1-20(11-13-6-5-7-14(10-13)25-2)17(22)12-21-18(23)15-8-3-4-9-16(15)19(21)24/h3-10H,11-12H2,1-2H3. The number of carbonyl (C=O) groups excluding carboxylic acids is 3. The quantitative estimate of drug-likeness (QED) is 0.782. The highest BCUT2D eigenvalue weighted by molar-refractivity contribution is 6.22. The van der Waals surface area contributed by atoms with Crippen LogP contribution in [0.25, 0.3) is 0 Å². The third-order valence-electron chi connectivity index (χ3n) is 4.15. The van der Waals surface area contributed by atoms with Gasteiger partial charge in [-0.2, -0.15) is 0 Å². The molecule has 0 N–H and O–H groups in total. The third-order valence-corrected chi connectivity index (χ3v) is 4.15. The van der Waals surface area contributed by atoms with E-state index in [1.165, 1.54) is 4.90 Å². The summed E-state index contributed by atoms with van der Waals surface area (Å²) in [5.41, 5.74) is 1.59. The lowest BCUT2D eigenvalue weighted by Crippen LogP contribution is -2.40. The first-order valence-corrected chi connectivity index (χ1v) is 7.83. The number of likely N-dealkylation sites (N-methyl/N-ethyl adjacent to an activating group) is 1. The van der Waals surface area contributed by atoms with Gasteiger partial charge in [-0.15, -0.1) is 0 Å². The molecule has 3 amide bonds. The zero-order valence-electron chi connectivity index (χ0n) is 14.1. The normalized spacial score (nSPS) is 13.0. The van der Waals surface area contributed by atoms with E-state index in [1.54, 1.807) is 38.4 Å². The molecule has 6 nitrogen and oxygen atoms in total. The maximum Gasteiger partial charge on any atom is 0.262 e. The molecule has 0 unspecified atom stereocenters. The molecule has 0 saturated heterocycles. The Morgan fingerprint density at radius 2 is 1.68 bits per heavy atom. The van der Waals surface area contributed by atoms with Gasteiger partial charge in [-0.05, 0) is 29.8 Å². The summed E-state index contributed by atoms with van der Waals surface area (Å²) < 4.78 is 5.17. The second-order valence-electron chi connectivity index (χ2n) is 5.84. The second-order valence-corrected chi connectivity index (χ2v) is 5.84. The number of amides is 3. The van der Waals surface area contributed by atoms with Gasteiger partial charge in [-0.3, -0.25) is 19.3 Å². The van der Waals surface area contributed by atoms with Crippen molar-refractivity contribution in [1.82, 2.24) is 9.80 Å². The van der Waals surface area contributed by atoms with Crippen LogP contribution in [0.5, 0.6) is 5.75 Å². The second kappa shape index (κ2) is 6.76. The van der Waals surface area contributed by atoms with Crippen LogP contribution in [0.2, 0.25) is 0 Å². The molecule has 0 bridgehead atoms. The molecular formula is C19H18N2O4. The lowest BCUT2D eigenvalue weighted by atomic mass is 10.1. The number of hydrogen-bond acceptors (Lipinski definition) is 4. The third kappa shape index (κ3) is 3.24. The van der Waals surface area contributed by atoms with Gasteiger partial charge in [-0.1, -0.05) is 24.3 Å². The first kappa shape index (κ1) is 16.7. The van der Waals surface area contributed by atoms with Crippen molar-refractivity contribution in [1.29, 1.82) is 0 Å². The van der Waals surface area contributed by atoms with E-state index in [-0.39, 0.29) is 12.5 Å². The number of ether oxygens (including phenoxy) is 1. The highest BCUT2D eigenvalue weighted by atomic mass is 16.5. The van der Waals surface area contributed by atoms with Crippen LogP contribution >= 0.6 is 0 Å². The maximum atomic E-state index is 12.4. The van der Waals surface area contributed by atoms with E-state index in [2.05, 4.69) is 0 Å². The minimum atomic E-state index is -0.427. The Morgan fingerprint density at radius 1 is 1.04 bits per heavy atom. The van der Waals surface area contributed by atoms with Gasteiger partial charge in [0.15, 0.2) is 0 Å². The van der Waals surface area contributed by atoms with Crippen molar-refractivity contribution in [3.63, 3.8) is 0 Å². The van der Waals surface area contributed by atoms with Crippen molar-refractivity contribution < 1.29 is 19.1 Å². The summed E-state index contributed by atoms with van der Waals surface area (Å²) in [4.78, 5) is 39.6. The molecular weight excluding hydrogens is 320 g/mol.